The predicted octanol–water partition coefficient (Wildman–Crippen LogP) is 9.34. The first-order valence-electron chi connectivity index (χ1n) is 14.4. The second-order valence-corrected chi connectivity index (χ2v) is 10.7. The lowest BCUT2D eigenvalue weighted by atomic mass is 10.1. The molecule has 6 rings (SSSR count). The number of benzene rings is 4. The highest BCUT2D eigenvalue weighted by Crippen LogP contribution is 2.25. The Hall–Kier alpha value is -5.47. The first-order chi connectivity index (χ1) is 21.7. The van der Waals surface area contributed by atoms with E-state index in [9.17, 15) is 0 Å². The third-order valence-electron chi connectivity index (χ3n) is 6.15. The van der Waals surface area contributed by atoms with Crippen LogP contribution >= 0.6 is 11.6 Å². The molecule has 0 fully saturated rings. The summed E-state index contributed by atoms with van der Waals surface area (Å²) in [4.78, 5) is 16.8. The number of aromatic nitrogens is 4. The zero-order chi connectivity index (χ0) is 32.0. The van der Waals surface area contributed by atoms with Crippen LogP contribution in [0.15, 0.2) is 122 Å². The molecular formula is C36H37ClN8. The molecule has 0 aliphatic rings. The summed E-state index contributed by atoms with van der Waals surface area (Å²) in [6.07, 6.45) is 6.51. The summed E-state index contributed by atoms with van der Waals surface area (Å²) in [5.74, 6) is 1.98. The molecule has 8 nitrogen and oxygen atoms in total. The largest absolute Gasteiger partial charge is 0.399 e. The summed E-state index contributed by atoms with van der Waals surface area (Å²) in [5, 5.41) is 10.1. The third-order valence-corrected chi connectivity index (χ3v) is 6.43. The lowest BCUT2D eigenvalue weighted by Gasteiger charge is -2.12. The highest BCUT2D eigenvalue weighted by Gasteiger charge is 2.06. The van der Waals surface area contributed by atoms with E-state index in [1.807, 2.05) is 86.6 Å². The molecule has 6 aromatic rings. The summed E-state index contributed by atoms with van der Waals surface area (Å²) in [6, 6.07) is 32.0. The molecule has 0 atom stereocenters. The molecule has 0 bridgehead atoms. The summed E-state index contributed by atoms with van der Waals surface area (Å²) in [6.45, 7) is 8.25. The van der Waals surface area contributed by atoms with Crippen molar-refractivity contribution in [3.8, 4) is 0 Å². The molecule has 0 aliphatic carbocycles. The van der Waals surface area contributed by atoms with Crippen LogP contribution in [0.5, 0.6) is 0 Å². The summed E-state index contributed by atoms with van der Waals surface area (Å²) >= 11 is 5.84. The van der Waals surface area contributed by atoms with Gasteiger partial charge >= 0.3 is 0 Å². The second kappa shape index (κ2) is 16.4. The molecule has 4 aromatic carbocycles. The van der Waals surface area contributed by atoms with Gasteiger partial charge in [-0.2, -0.15) is 0 Å². The smallest absolute Gasteiger partial charge is 0.173 e. The Morgan fingerprint density at radius 1 is 0.467 bits per heavy atom. The molecule has 45 heavy (non-hydrogen) atoms. The maximum atomic E-state index is 5.84. The van der Waals surface area contributed by atoms with Crippen LogP contribution in [-0.2, 0) is 0 Å². The normalized spacial score (nSPS) is 9.98. The average Bonchev–Trinajstić information content (AvgIpc) is 3.00. The molecule has 9 heteroatoms. The van der Waals surface area contributed by atoms with E-state index in [0.29, 0.717) is 22.6 Å². The Morgan fingerprint density at radius 3 is 1.29 bits per heavy atom. The van der Waals surface area contributed by atoms with Crippen LogP contribution in [0.1, 0.15) is 22.3 Å². The number of hydrogen-bond donors (Lipinski definition) is 4. The molecule has 2 aromatic heterocycles. The lowest BCUT2D eigenvalue weighted by Crippen LogP contribution is -2.02. The summed E-state index contributed by atoms with van der Waals surface area (Å²) in [7, 11) is 0. The summed E-state index contributed by atoms with van der Waals surface area (Å²) < 4.78 is 0. The van der Waals surface area contributed by atoms with E-state index in [2.05, 4.69) is 74.0 Å². The van der Waals surface area contributed by atoms with Gasteiger partial charge in [0.1, 0.15) is 0 Å². The first kappa shape index (κ1) is 32.4. The van der Waals surface area contributed by atoms with E-state index >= 15 is 0 Å². The number of nitrogen functional groups attached to an aromatic ring is 1. The number of hydrogen-bond acceptors (Lipinski definition) is 8. The number of para-hydroxylation sites is 2. The van der Waals surface area contributed by atoms with Crippen molar-refractivity contribution < 1.29 is 0 Å². The van der Waals surface area contributed by atoms with Gasteiger partial charge in [0.15, 0.2) is 22.6 Å². The Balaban J connectivity index is 0.000000171. The number of nitrogens with zero attached hydrogens (tertiary/aromatic N) is 4. The van der Waals surface area contributed by atoms with E-state index in [1.54, 1.807) is 24.8 Å². The fraction of sp³-hybridized carbons (Fsp3) is 0.111. The zero-order valence-corrected chi connectivity index (χ0v) is 26.5. The standard InChI is InChI=1S/C18H18N4.C10H8ClN3.C8H11N/c1-13-10-14(2)12-16(11-13)22-18-17(19-8-9-20-18)21-15-6-4-3-5-7-15;11-9-10(13-7-6-12-9)14-8-4-2-1-3-5-8;1-6-3-7(2)5-8(9)4-6/h3-12H,1-2H3,(H,19,21)(H,20,22);1-7H,(H,13,14);3-5H,9H2,1-2H3. The van der Waals surface area contributed by atoms with Crippen molar-refractivity contribution in [3.63, 3.8) is 0 Å². The van der Waals surface area contributed by atoms with Gasteiger partial charge in [-0.3, -0.25) is 0 Å². The highest BCUT2D eigenvalue weighted by atomic mass is 35.5. The molecular weight excluding hydrogens is 580 g/mol. The zero-order valence-electron chi connectivity index (χ0n) is 25.8. The second-order valence-electron chi connectivity index (χ2n) is 10.4. The number of rotatable bonds is 6. The first-order valence-corrected chi connectivity index (χ1v) is 14.7. The fourth-order valence-corrected chi connectivity index (χ4v) is 4.59. The van der Waals surface area contributed by atoms with Crippen molar-refractivity contribution >= 4 is 51.8 Å². The minimum absolute atomic E-state index is 0.372. The maximum absolute atomic E-state index is 5.84. The number of nitrogens with two attached hydrogens (primary N) is 1. The van der Waals surface area contributed by atoms with Crippen molar-refractivity contribution in [2.45, 2.75) is 27.7 Å². The topological polar surface area (TPSA) is 114 Å². The van der Waals surface area contributed by atoms with Crippen LogP contribution in [0.2, 0.25) is 5.15 Å². The average molecular weight is 617 g/mol. The predicted molar refractivity (Wildman–Crippen MR) is 188 cm³/mol. The van der Waals surface area contributed by atoms with Crippen LogP contribution in [-0.4, -0.2) is 19.9 Å². The Kier molecular flexibility index (Phi) is 11.8. The lowest BCUT2D eigenvalue weighted by molar-refractivity contribution is 1.19. The molecule has 0 unspecified atom stereocenters. The van der Waals surface area contributed by atoms with E-state index in [4.69, 9.17) is 17.3 Å². The molecule has 0 saturated carbocycles. The fourth-order valence-electron chi connectivity index (χ4n) is 4.44. The molecule has 0 saturated heterocycles. The summed E-state index contributed by atoms with van der Waals surface area (Å²) in [5.41, 5.74) is 14.2. The molecule has 5 N–H and O–H groups in total. The van der Waals surface area contributed by atoms with Gasteiger partial charge in [-0.25, -0.2) is 19.9 Å². The van der Waals surface area contributed by atoms with Crippen molar-refractivity contribution in [2.75, 3.05) is 21.7 Å². The van der Waals surface area contributed by atoms with Gasteiger partial charge in [0, 0.05) is 47.5 Å². The van der Waals surface area contributed by atoms with E-state index < -0.39 is 0 Å². The van der Waals surface area contributed by atoms with Crippen LogP contribution in [0, 0.1) is 27.7 Å². The molecule has 0 radical (unpaired) electrons. The van der Waals surface area contributed by atoms with Crippen LogP contribution in [0.25, 0.3) is 0 Å². The van der Waals surface area contributed by atoms with E-state index in [1.165, 1.54) is 22.3 Å². The van der Waals surface area contributed by atoms with Gasteiger partial charge in [-0.15, -0.1) is 0 Å². The molecule has 0 aliphatic heterocycles. The van der Waals surface area contributed by atoms with Gasteiger partial charge in [0.05, 0.1) is 0 Å². The Morgan fingerprint density at radius 2 is 0.844 bits per heavy atom. The Labute approximate surface area is 269 Å². The minimum atomic E-state index is 0.372. The third kappa shape index (κ3) is 10.9. The minimum Gasteiger partial charge on any atom is -0.399 e. The van der Waals surface area contributed by atoms with E-state index in [-0.39, 0.29) is 0 Å². The molecule has 2 heterocycles. The van der Waals surface area contributed by atoms with Gasteiger partial charge in [-0.05, 0) is 98.5 Å². The Bertz CT molecular complexity index is 1730. The van der Waals surface area contributed by atoms with Crippen molar-refractivity contribution in [3.05, 3.63) is 149 Å². The number of halogens is 1. The van der Waals surface area contributed by atoms with Gasteiger partial charge in [-0.1, -0.05) is 60.1 Å². The van der Waals surface area contributed by atoms with Crippen LogP contribution < -0.4 is 21.7 Å². The maximum Gasteiger partial charge on any atom is 0.173 e. The van der Waals surface area contributed by atoms with E-state index in [0.717, 1.165) is 22.7 Å². The molecule has 0 spiro atoms. The van der Waals surface area contributed by atoms with Crippen molar-refractivity contribution in [1.82, 2.24) is 19.9 Å². The molecule has 228 valence electrons. The molecule has 0 amide bonds. The SMILES string of the molecule is Cc1cc(C)cc(N)c1.Cc1cc(C)cc(Nc2nccnc2Nc2ccccc2)c1.Clc1nccnc1Nc1ccccc1. The van der Waals surface area contributed by atoms with Crippen molar-refractivity contribution in [2.24, 2.45) is 0 Å². The number of aryl methyl sites for hydroxylation is 4. The number of anilines is 7. The van der Waals surface area contributed by atoms with Crippen molar-refractivity contribution in [1.29, 1.82) is 0 Å². The monoisotopic (exact) mass is 616 g/mol. The van der Waals surface area contributed by atoms with Crippen LogP contribution in [0.4, 0.5) is 40.2 Å². The number of nitrogens with one attached hydrogen (secondary N) is 3. The highest BCUT2D eigenvalue weighted by molar-refractivity contribution is 6.31. The van der Waals surface area contributed by atoms with Gasteiger partial charge in [0.25, 0.3) is 0 Å². The van der Waals surface area contributed by atoms with Crippen LogP contribution in [0.3, 0.4) is 0 Å². The van der Waals surface area contributed by atoms with Gasteiger partial charge in [0.2, 0.25) is 0 Å². The van der Waals surface area contributed by atoms with Gasteiger partial charge < -0.3 is 21.7 Å². The quantitative estimate of drug-likeness (QED) is 0.137.